The summed E-state index contributed by atoms with van der Waals surface area (Å²) in [6.45, 7) is 1.29. The first-order chi connectivity index (χ1) is 9.00. The van der Waals surface area contributed by atoms with Gasteiger partial charge in [-0.15, -0.1) is 0 Å². The van der Waals surface area contributed by atoms with Gasteiger partial charge in [-0.05, 0) is 24.6 Å². The minimum atomic E-state index is -3.73. The summed E-state index contributed by atoms with van der Waals surface area (Å²) in [6, 6.07) is 4.30. The van der Waals surface area contributed by atoms with Crippen molar-refractivity contribution in [2.45, 2.75) is 11.3 Å². The standard InChI is InChI=1S/C12H14N2O4S/c13-9-1-2-11-10(5-9)12(15)14(19(11,16)17)6-8-3-4-18-7-8/h1-2,5,8H,3-4,6-7,13H2. The third-order valence-electron chi connectivity index (χ3n) is 3.48. The smallest absolute Gasteiger partial charge is 0.269 e. The van der Waals surface area contributed by atoms with E-state index in [1.807, 2.05) is 0 Å². The number of nitrogens with zero attached hydrogens (tertiary/aromatic N) is 1. The quantitative estimate of drug-likeness (QED) is 0.795. The molecule has 1 unspecified atom stereocenters. The summed E-state index contributed by atoms with van der Waals surface area (Å²) in [6.07, 6.45) is 0.776. The molecule has 1 aromatic carbocycles. The number of hydrogen-bond donors (Lipinski definition) is 1. The van der Waals surface area contributed by atoms with Crippen molar-refractivity contribution in [2.75, 3.05) is 25.5 Å². The first-order valence-electron chi connectivity index (χ1n) is 6.04. The lowest BCUT2D eigenvalue weighted by molar-refractivity contribution is 0.0852. The zero-order chi connectivity index (χ0) is 13.6. The lowest BCUT2D eigenvalue weighted by Crippen LogP contribution is -2.34. The highest BCUT2D eigenvalue weighted by Gasteiger charge is 2.42. The van der Waals surface area contributed by atoms with Gasteiger partial charge in [0.15, 0.2) is 0 Å². The van der Waals surface area contributed by atoms with Crippen LogP contribution in [-0.2, 0) is 14.8 Å². The number of amides is 1. The molecule has 6 nitrogen and oxygen atoms in total. The maximum atomic E-state index is 12.3. The Morgan fingerprint density at radius 2 is 2.21 bits per heavy atom. The minimum absolute atomic E-state index is 0.0469. The Labute approximate surface area is 111 Å². The predicted molar refractivity (Wildman–Crippen MR) is 68.0 cm³/mol. The number of carbonyl (C=O) groups excluding carboxylic acids is 1. The van der Waals surface area contributed by atoms with Crippen molar-refractivity contribution in [3.63, 3.8) is 0 Å². The number of sulfonamides is 1. The Bertz CT molecular complexity index is 635. The number of nitrogen functional groups attached to an aromatic ring is 1. The molecule has 1 amide bonds. The maximum Gasteiger partial charge on any atom is 0.269 e. The molecule has 1 saturated heterocycles. The minimum Gasteiger partial charge on any atom is -0.399 e. The van der Waals surface area contributed by atoms with Crippen LogP contribution in [0.3, 0.4) is 0 Å². The molecule has 0 spiro atoms. The lowest BCUT2D eigenvalue weighted by Gasteiger charge is -2.18. The fourth-order valence-electron chi connectivity index (χ4n) is 2.44. The van der Waals surface area contributed by atoms with Crippen LogP contribution < -0.4 is 5.73 Å². The van der Waals surface area contributed by atoms with Crippen LogP contribution in [0, 0.1) is 5.92 Å². The van der Waals surface area contributed by atoms with Gasteiger partial charge in [0, 0.05) is 24.8 Å². The van der Waals surface area contributed by atoms with E-state index < -0.39 is 15.9 Å². The Morgan fingerprint density at radius 3 is 2.89 bits per heavy atom. The van der Waals surface area contributed by atoms with Crippen LogP contribution in [0.4, 0.5) is 5.69 Å². The molecule has 2 aliphatic heterocycles. The zero-order valence-corrected chi connectivity index (χ0v) is 11.0. The van der Waals surface area contributed by atoms with Crippen molar-refractivity contribution in [3.8, 4) is 0 Å². The second kappa shape index (κ2) is 4.21. The normalized spacial score (nSPS) is 24.7. The molecule has 19 heavy (non-hydrogen) atoms. The summed E-state index contributed by atoms with van der Waals surface area (Å²) in [5.41, 5.74) is 6.15. The largest absolute Gasteiger partial charge is 0.399 e. The first kappa shape index (κ1) is 12.4. The average molecular weight is 282 g/mol. The van der Waals surface area contributed by atoms with Gasteiger partial charge in [0.05, 0.1) is 12.2 Å². The van der Waals surface area contributed by atoms with Crippen molar-refractivity contribution < 1.29 is 17.9 Å². The van der Waals surface area contributed by atoms with E-state index in [-0.39, 0.29) is 22.9 Å². The monoisotopic (exact) mass is 282 g/mol. The molecule has 0 bridgehead atoms. The molecular formula is C12H14N2O4S. The van der Waals surface area contributed by atoms with E-state index in [2.05, 4.69) is 0 Å². The molecule has 0 radical (unpaired) electrons. The fraction of sp³-hybridized carbons (Fsp3) is 0.417. The third-order valence-corrected chi connectivity index (χ3v) is 5.28. The van der Waals surface area contributed by atoms with Crippen LogP contribution in [0.5, 0.6) is 0 Å². The number of rotatable bonds is 2. The number of ether oxygens (including phenoxy) is 1. The van der Waals surface area contributed by atoms with E-state index >= 15 is 0 Å². The van der Waals surface area contributed by atoms with Crippen LogP contribution in [-0.4, -0.2) is 38.4 Å². The van der Waals surface area contributed by atoms with Crippen molar-refractivity contribution >= 4 is 21.6 Å². The highest BCUT2D eigenvalue weighted by atomic mass is 32.2. The van der Waals surface area contributed by atoms with E-state index in [9.17, 15) is 13.2 Å². The van der Waals surface area contributed by atoms with Crippen molar-refractivity contribution in [2.24, 2.45) is 5.92 Å². The Kier molecular flexibility index (Phi) is 2.75. The summed E-state index contributed by atoms with van der Waals surface area (Å²) in [5, 5.41) is 0. The number of hydrogen-bond acceptors (Lipinski definition) is 5. The molecule has 2 aliphatic rings. The molecular weight excluding hydrogens is 268 g/mol. The number of fused-ring (bicyclic) bond motifs is 1. The highest BCUT2D eigenvalue weighted by molar-refractivity contribution is 7.90. The molecule has 1 aromatic rings. The molecule has 0 saturated carbocycles. The second-order valence-electron chi connectivity index (χ2n) is 4.83. The Hall–Kier alpha value is -1.60. The van der Waals surface area contributed by atoms with Crippen LogP contribution in [0.2, 0.25) is 0 Å². The second-order valence-corrected chi connectivity index (χ2v) is 6.66. The Balaban J connectivity index is 1.98. The Morgan fingerprint density at radius 1 is 1.42 bits per heavy atom. The fourth-order valence-corrected chi connectivity index (χ4v) is 4.07. The lowest BCUT2D eigenvalue weighted by atomic mass is 10.1. The van der Waals surface area contributed by atoms with Crippen LogP contribution in [0.15, 0.2) is 23.1 Å². The van der Waals surface area contributed by atoms with E-state index in [1.54, 1.807) is 0 Å². The number of benzene rings is 1. The van der Waals surface area contributed by atoms with Gasteiger partial charge in [0.1, 0.15) is 4.90 Å². The molecule has 1 fully saturated rings. The van der Waals surface area contributed by atoms with Gasteiger partial charge in [0.2, 0.25) is 0 Å². The zero-order valence-electron chi connectivity index (χ0n) is 10.2. The topological polar surface area (TPSA) is 89.7 Å². The number of anilines is 1. The van der Waals surface area contributed by atoms with Gasteiger partial charge in [-0.3, -0.25) is 4.79 Å². The summed E-state index contributed by atoms with van der Waals surface area (Å²) in [7, 11) is -3.73. The number of carbonyl (C=O) groups is 1. The van der Waals surface area contributed by atoms with Crippen molar-refractivity contribution in [1.29, 1.82) is 0 Å². The van der Waals surface area contributed by atoms with Crippen molar-refractivity contribution in [3.05, 3.63) is 23.8 Å². The predicted octanol–water partition coefficient (Wildman–Crippen LogP) is 0.450. The first-order valence-corrected chi connectivity index (χ1v) is 7.48. The van der Waals surface area contributed by atoms with Crippen LogP contribution in [0.25, 0.3) is 0 Å². The molecule has 1 atom stereocenters. The van der Waals surface area contributed by atoms with Gasteiger partial charge in [-0.25, -0.2) is 12.7 Å². The number of nitrogens with two attached hydrogens (primary N) is 1. The van der Waals surface area contributed by atoms with Gasteiger partial charge in [-0.2, -0.15) is 0 Å². The van der Waals surface area contributed by atoms with E-state index in [1.165, 1.54) is 18.2 Å². The molecule has 102 valence electrons. The third kappa shape index (κ3) is 1.89. The van der Waals surface area contributed by atoms with Crippen LogP contribution >= 0.6 is 0 Å². The van der Waals surface area contributed by atoms with E-state index in [0.29, 0.717) is 18.9 Å². The molecule has 2 heterocycles. The van der Waals surface area contributed by atoms with Gasteiger partial charge >= 0.3 is 0 Å². The molecule has 3 rings (SSSR count). The van der Waals surface area contributed by atoms with Gasteiger partial charge in [0.25, 0.3) is 15.9 Å². The average Bonchev–Trinajstić information content (AvgIpc) is 2.92. The molecule has 0 aliphatic carbocycles. The summed E-state index contributed by atoms with van der Waals surface area (Å²) in [4.78, 5) is 12.2. The van der Waals surface area contributed by atoms with E-state index in [0.717, 1.165) is 10.7 Å². The van der Waals surface area contributed by atoms with E-state index in [4.69, 9.17) is 10.5 Å². The highest BCUT2D eigenvalue weighted by Crippen LogP contribution is 2.32. The summed E-state index contributed by atoms with van der Waals surface area (Å²) >= 11 is 0. The van der Waals surface area contributed by atoms with Gasteiger partial charge in [-0.1, -0.05) is 0 Å². The van der Waals surface area contributed by atoms with Crippen LogP contribution in [0.1, 0.15) is 16.8 Å². The summed E-state index contributed by atoms with van der Waals surface area (Å²) < 4.78 is 30.8. The molecule has 7 heteroatoms. The molecule has 0 aromatic heterocycles. The van der Waals surface area contributed by atoms with Gasteiger partial charge < -0.3 is 10.5 Å². The van der Waals surface area contributed by atoms with Crippen molar-refractivity contribution in [1.82, 2.24) is 4.31 Å². The SMILES string of the molecule is Nc1ccc2c(c1)C(=O)N(CC1CCOC1)S2(=O)=O. The maximum absolute atomic E-state index is 12.3. The summed E-state index contributed by atoms with van der Waals surface area (Å²) in [5.74, 6) is -0.417. The molecule has 2 N–H and O–H groups in total.